The van der Waals surface area contributed by atoms with Gasteiger partial charge in [-0.2, -0.15) is 5.26 Å². The lowest BCUT2D eigenvalue weighted by atomic mass is 9.50. The quantitative estimate of drug-likeness (QED) is 0.449. The van der Waals surface area contributed by atoms with Crippen LogP contribution >= 0.6 is 12.4 Å². The van der Waals surface area contributed by atoms with Crippen LogP contribution in [0.2, 0.25) is 0 Å². The number of nitriles is 1. The number of azide groups is 1. The molecule has 0 aromatic heterocycles. The van der Waals surface area contributed by atoms with Gasteiger partial charge >= 0.3 is 0 Å². The lowest BCUT2D eigenvalue weighted by Crippen LogP contribution is -2.64. The van der Waals surface area contributed by atoms with Crippen LogP contribution in [0.3, 0.4) is 0 Å². The molecule has 6 saturated carbocycles. The van der Waals surface area contributed by atoms with Crippen molar-refractivity contribution >= 4 is 12.4 Å². The second-order valence-corrected chi connectivity index (χ2v) is 5.96. The average molecular weight is 270 g/mol. The third-order valence-electron chi connectivity index (χ3n) is 4.35. The molecule has 0 atom stereocenters. The van der Waals surface area contributed by atoms with Gasteiger partial charge in [-0.05, 0) is 55.9 Å². The first kappa shape index (κ1) is 15.1. The molecule has 0 spiro atoms. The SMILES string of the molecule is CC#N.Cl.NC12CC(C1)C2.[N-]=[N+]=NC12CC(C1)C2. The number of hydrogen-bond donors (Lipinski definition) is 1. The minimum atomic E-state index is 0. The highest BCUT2D eigenvalue weighted by Crippen LogP contribution is 2.59. The van der Waals surface area contributed by atoms with Gasteiger partial charge in [0.2, 0.25) is 0 Å². The fourth-order valence-corrected chi connectivity index (χ4v) is 3.20. The van der Waals surface area contributed by atoms with E-state index < -0.39 is 0 Å². The van der Waals surface area contributed by atoms with Gasteiger partial charge in [-0.1, -0.05) is 5.11 Å². The Morgan fingerprint density at radius 2 is 1.56 bits per heavy atom. The van der Waals surface area contributed by atoms with E-state index in [-0.39, 0.29) is 17.9 Å². The lowest BCUT2D eigenvalue weighted by Gasteiger charge is -2.59. The van der Waals surface area contributed by atoms with E-state index in [2.05, 4.69) is 10.0 Å². The molecular formula is C12H20ClN5. The van der Waals surface area contributed by atoms with Crippen molar-refractivity contribution in [2.75, 3.05) is 0 Å². The zero-order valence-electron chi connectivity index (χ0n) is 10.7. The summed E-state index contributed by atoms with van der Waals surface area (Å²) < 4.78 is 0. The minimum absolute atomic E-state index is 0. The van der Waals surface area contributed by atoms with E-state index in [4.69, 9.17) is 16.5 Å². The Hall–Kier alpha value is -0.950. The molecule has 6 fully saturated rings. The van der Waals surface area contributed by atoms with Crippen molar-refractivity contribution < 1.29 is 0 Å². The highest BCUT2D eigenvalue weighted by atomic mass is 35.5. The standard InChI is InChI=1S/C5H7N3.C5H9N.C2H3N.ClH/c6-8-7-5-1-4(2-5)3-5;6-5-1-4(2-5)3-5;1-2-3;/h4H,1-3H2;4H,1-3,6H2;1H3;1H. The normalized spacial score (nSPS) is 42.7. The van der Waals surface area contributed by atoms with Gasteiger partial charge in [-0.15, -0.1) is 12.4 Å². The molecular weight excluding hydrogens is 250 g/mol. The molecule has 4 bridgehead atoms. The molecule has 18 heavy (non-hydrogen) atoms. The van der Waals surface area contributed by atoms with E-state index in [0.717, 1.165) is 31.1 Å². The molecule has 0 aromatic carbocycles. The average Bonchev–Trinajstić information content (AvgIpc) is 2.06. The fraction of sp³-hybridized carbons (Fsp3) is 0.917. The van der Waals surface area contributed by atoms with Crippen molar-refractivity contribution in [3.63, 3.8) is 0 Å². The summed E-state index contributed by atoms with van der Waals surface area (Å²) in [6.07, 6.45) is 7.47. The Morgan fingerprint density at radius 1 is 1.22 bits per heavy atom. The molecule has 0 amide bonds. The monoisotopic (exact) mass is 269 g/mol. The second-order valence-electron chi connectivity index (χ2n) is 5.96. The van der Waals surface area contributed by atoms with Crippen molar-refractivity contribution in [2.24, 2.45) is 22.7 Å². The van der Waals surface area contributed by atoms with Crippen molar-refractivity contribution in [3.8, 4) is 6.07 Å². The summed E-state index contributed by atoms with van der Waals surface area (Å²) in [6, 6.07) is 1.75. The van der Waals surface area contributed by atoms with Crippen LogP contribution < -0.4 is 5.73 Å². The third-order valence-corrected chi connectivity index (χ3v) is 4.35. The van der Waals surface area contributed by atoms with Gasteiger partial charge in [-0.25, -0.2) is 0 Å². The second kappa shape index (κ2) is 5.36. The van der Waals surface area contributed by atoms with Crippen LogP contribution in [-0.2, 0) is 0 Å². The Labute approximate surface area is 114 Å². The van der Waals surface area contributed by atoms with Gasteiger partial charge in [0.25, 0.3) is 0 Å². The van der Waals surface area contributed by atoms with Crippen LogP contribution in [0.15, 0.2) is 5.11 Å². The maximum Gasteiger partial charge on any atom is 0.0587 e. The van der Waals surface area contributed by atoms with E-state index >= 15 is 0 Å². The highest BCUT2D eigenvalue weighted by Gasteiger charge is 2.56. The van der Waals surface area contributed by atoms with Crippen molar-refractivity contribution in [3.05, 3.63) is 10.4 Å². The van der Waals surface area contributed by atoms with Crippen LogP contribution in [0.5, 0.6) is 0 Å². The maximum absolute atomic E-state index is 8.05. The zero-order chi connectivity index (χ0) is 12.5. The number of hydrogen-bond acceptors (Lipinski definition) is 3. The van der Waals surface area contributed by atoms with Gasteiger partial charge in [0.1, 0.15) is 0 Å². The van der Waals surface area contributed by atoms with E-state index in [1.807, 2.05) is 0 Å². The minimum Gasteiger partial charge on any atom is -0.325 e. The number of nitrogens with two attached hydrogens (primary N) is 1. The molecule has 6 heteroatoms. The maximum atomic E-state index is 8.05. The summed E-state index contributed by atoms with van der Waals surface area (Å²) in [5, 5.41) is 11.0. The molecule has 0 unspecified atom stereocenters. The van der Waals surface area contributed by atoms with Crippen LogP contribution in [0.25, 0.3) is 10.4 Å². The first-order chi connectivity index (χ1) is 8.05. The largest absolute Gasteiger partial charge is 0.325 e. The lowest BCUT2D eigenvalue weighted by molar-refractivity contribution is -0.0170. The molecule has 5 nitrogen and oxygen atoms in total. The highest BCUT2D eigenvalue weighted by molar-refractivity contribution is 5.85. The predicted octanol–water partition coefficient (Wildman–Crippen LogP) is 3.30. The van der Waals surface area contributed by atoms with Crippen molar-refractivity contribution in [2.45, 2.75) is 56.5 Å². The van der Waals surface area contributed by atoms with E-state index in [1.165, 1.54) is 26.2 Å². The molecule has 0 radical (unpaired) electrons. The van der Waals surface area contributed by atoms with Crippen LogP contribution in [0, 0.1) is 23.2 Å². The molecule has 6 aliphatic carbocycles. The molecule has 0 aromatic rings. The topological polar surface area (TPSA) is 98.6 Å². The number of nitrogens with zero attached hydrogens (tertiary/aromatic N) is 4. The van der Waals surface area contributed by atoms with Crippen LogP contribution in [0.4, 0.5) is 0 Å². The first-order valence-electron chi connectivity index (χ1n) is 6.21. The molecule has 2 N–H and O–H groups in total. The number of halogens is 1. The van der Waals surface area contributed by atoms with Crippen molar-refractivity contribution in [1.82, 2.24) is 0 Å². The van der Waals surface area contributed by atoms with E-state index in [0.29, 0.717) is 5.54 Å². The molecule has 6 aliphatic rings. The summed E-state index contributed by atoms with van der Waals surface area (Å²) in [4.78, 5) is 2.79. The smallest absolute Gasteiger partial charge is 0.0587 e. The molecule has 0 heterocycles. The van der Waals surface area contributed by atoms with Crippen LogP contribution in [0.1, 0.15) is 45.4 Å². The van der Waals surface area contributed by atoms with Gasteiger partial charge < -0.3 is 5.73 Å². The van der Waals surface area contributed by atoms with Crippen molar-refractivity contribution in [1.29, 1.82) is 5.26 Å². The van der Waals surface area contributed by atoms with E-state index in [1.54, 1.807) is 6.07 Å². The molecule has 100 valence electrons. The summed E-state index contributed by atoms with van der Waals surface area (Å²) in [5.41, 5.74) is 14.2. The van der Waals surface area contributed by atoms with Gasteiger partial charge in [0, 0.05) is 22.9 Å². The molecule has 6 rings (SSSR count). The summed E-state index contributed by atoms with van der Waals surface area (Å²) in [5.74, 6) is 1.97. The van der Waals surface area contributed by atoms with Gasteiger partial charge in [0.05, 0.1) is 6.07 Å². The first-order valence-corrected chi connectivity index (χ1v) is 6.21. The molecule has 0 aliphatic heterocycles. The zero-order valence-corrected chi connectivity index (χ0v) is 11.5. The van der Waals surface area contributed by atoms with Gasteiger partial charge in [-0.3, -0.25) is 0 Å². The third kappa shape index (κ3) is 2.72. The van der Waals surface area contributed by atoms with Gasteiger partial charge in [0.15, 0.2) is 0 Å². The number of rotatable bonds is 1. The van der Waals surface area contributed by atoms with E-state index in [9.17, 15) is 0 Å². The Balaban J connectivity index is 0.000000145. The Morgan fingerprint density at radius 3 is 1.61 bits per heavy atom. The summed E-state index contributed by atoms with van der Waals surface area (Å²) >= 11 is 0. The molecule has 0 saturated heterocycles. The summed E-state index contributed by atoms with van der Waals surface area (Å²) in [6.45, 7) is 1.43. The predicted molar refractivity (Wildman–Crippen MR) is 72.0 cm³/mol. The fourth-order valence-electron chi connectivity index (χ4n) is 3.20. The Kier molecular flexibility index (Phi) is 4.50. The Bertz CT molecular complexity index is 362. The van der Waals surface area contributed by atoms with Crippen LogP contribution in [-0.4, -0.2) is 11.1 Å². The summed E-state index contributed by atoms with van der Waals surface area (Å²) in [7, 11) is 0.